The van der Waals surface area contributed by atoms with Gasteiger partial charge in [0.15, 0.2) is 0 Å². The molecule has 37 heavy (non-hydrogen) atoms. The third-order valence-corrected chi connectivity index (χ3v) is 6.91. The number of hydrogen-bond acceptors (Lipinski definition) is 4. The molecule has 0 aliphatic carbocycles. The number of amides is 2. The van der Waals surface area contributed by atoms with Gasteiger partial charge in [-0.05, 0) is 80.1 Å². The average molecular weight is 497 g/mol. The number of hydrogen-bond donors (Lipinski definition) is 1. The Kier molecular flexibility index (Phi) is 6.86. The number of aryl methyl sites for hydroxylation is 3. The van der Waals surface area contributed by atoms with Crippen molar-refractivity contribution in [3.8, 4) is 11.4 Å². The molecule has 1 aliphatic rings. The van der Waals surface area contributed by atoms with Crippen molar-refractivity contribution in [2.24, 2.45) is 0 Å². The molecule has 0 fully saturated rings. The summed E-state index contributed by atoms with van der Waals surface area (Å²) in [6.07, 6.45) is 1.67. The van der Waals surface area contributed by atoms with Crippen LogP contribution in [0.4, 0.5) is 9.18 Å². The van der Waals surface area contributed by atoms with Gasteiger partial charge in [-0.3, -0.25) is 4.90 Å². The van der Waals surface area contributed by atoms with Gasteiger partial charge in [-0.2, -0.15) is 4.98 Å². The molecule has 1 aliphatic heterocycles. The number of halogens is 1. The van der Waals surface area contributed by atoms with Gasteiger partial charge in [-0.15, -0.1) is 0 Å². The minimum absolute atomic E-state index is 0.157. The van der Waals surface area contributed by atoms with Gasteiger partial charge in [0.2, 0.25) is 5.82 Å². The molecule has 5 rings (SSSR count). The van der Waals surface area contributed by atoms with Crippen LogP contribution in [0.3, 0.4) is 0 Å². The maximum Gasteiger partial charge on any atom is 0.322 e. The predicted molar refractivity (Wildman–Crippen MR) is 141 cm³/mol. The normalized spacial score (nSPS) is 15.7. The summed E-state index contributed by atoms with van der Waals surface area (Å²) in [4.78, 5) is 19.7. The van der Waals surface area contributed by atoms with E-state index < -0.39 is 6.04 Å². The molecule has 1 aromatic heterocycles. The largest absolute Gasteiger partial charge is 0.334 e. The molecule has 3 aromatic carbocycles. The van der Waals surface area contributed by atoms with Crippen LogP contribution in [0.25, 0.3) is 17.0 Å². The van der Waals surface area contributed by atoms with Crippen LogP contribution in [0.5, 0.6) is 0 Å². The molecule has 4 aromatic rings. The van der Waals surface area contributed by atoms with E-state index in [1.54, 1.807) is 17.0 Å². The third-order valence-electron chi connectivity index (χ3n) is 6.91. The summed E-state index contributed by atoms with van der Waals surface area (Å²) in [6, 6.07) is 21.7. The van der Waals surface area contributed by atoms with Crippen molar-refractivity contribution in [3.63, 3.8) is 0 Å². The topological polar surface area (TPSA) is 71.3 Å². The van der Waals surface area contributed by atoms with Gasteiger partial charge in [0.1, 0.15) is 5.82 Å². The van der Waals surface area contributed by atoms with Crippen molar-refractivity contribution in [2.45, 2.75) is 39.7 Å². The number of urea groups is 1. The maximum absolute atomic E-state index is 13.4. The molecule has 0 radical (unpaired) electrons. The lowest BCUT2D eigenvalue weighted by atomic mass is 9.92. The Balaban J connectivity index is 1.51. The van der Waals surface area contributed by atoms with Gasteiger partial charge in [-0.25, -0.2) is 9.18 Å². The SMILES string of the molecule is CC1=C(c2nc(-c3ccc(F)cc3)no2)C(c2ccc(C)c(C)c2)NC(=O)N1CCCc1ccccc1. The number of nitrogens with one attached hydrogen (secondary N) is 1. The molecule has 188 valence electrons. The molecular weight excluding hydrogens is 467 g/mol. The first-order chi connectivity index (χ1) is 17.9. The first-order valence-corrected chi connectivity index (χ1v) is 12.4. The van der Waals surface area contributed by atoms with E-state index in [1.807, 2.05) is 37.3 Å². The summed E-state index contributed by atoms with van der Waals surface area (Å²) in [5.41, 5.74) is 6.65. The molecule has 0 bridgehead atoms. The molecule has 2 amide bonds. The summed E-state index contributed by atoms with van der Waals surface area (Å²) in [7, 11) is 0. The lowest BCUT2D eigenvalue weighted by Gasteiger charge is -2.35. The molecule has 6 nitrogen and oxygen atoms in total. The Morgan fingerprint density at radius 3 is 2.46 bits per heavy atom. The number of nitrogens with zero attached hydrogens (tertiary/aromatic N) is 3. The van der Waals surface area contributed by atoms with E-state index in [9.17, 15) is 9.18 Å². The molecule has 1 N–H and O–H groups in total. The number of carbonyl (C=O) groups excluding carboxylic acids is 1. The van der Waals surface area contributed by atoms with E-state index >= 15 is 0 Å². The number of benzene rings is 3. The fourth-order valence-corrected chi connectivity index (χ4v) is 4.66. The zero-order chi connectivity index (χ0) is 25.9. The lowest BCUT2D eigenvalue weighted by Crippen LogP contribution is -2.46. The minimum atomic E-state index is -0.446. The fourth-order valence-electron chi connectivity index (χ4n) is 4.66. The highest BCUT2D eigenvalue weighted by molar-refractivity contribution is 5.87. The second kappa shape index (κ2) is 10.4. The molecule has 1 atom stereocenters. The van der Waals surface area contributed by atoms with Crippen molar-refractivity contribution < 1.29 is 13.7 Å². The zero-order valence-electron chi connectivity index (χ0n) is 21.2. The quantitative estimate of drug-likeness (QED) is 0.312. The van der Waals surface area contributed by atoms with Crippen LogP contribution in [0.1, 0.15) is 47.5 Å². The first-order valence-electron chi connectivity index (χ1n) is 12.4. The Labute approximate surface area is 215 Å². The monoisotopic (exact) mass is 496 g/mol. The Morgan fingerprint density at radius 2 is 1.73 bits per heavy atom. The highest BCUT2D eigenvalue weighted by atomic mass is 19.1. The van der Waals surface area contributed by atoms with Crippen molar-refractivity contribution in [1.82, 2.24) is 20.4 Å². The Bertz CT molecular complexity index is 1440. The van der Waals surface area contributed by atoms with E-state index in [-0.39, 0.29) is 11.8 Å². The van der Waals surface area contributed by atoms with Gasteiger partial charge >= 0.3 is 6.03 Å². The lowest BCUT2D eigenvalue weighted by molar-refractivity contribution is 0.204. The summed E-state index contributed by atoms with van der Waals surface area (Å²) in [6.45, 7) is 6.58. The van der Waals surface area contributed by atoms with E-state index in [0.717, 1.165) is 35.2 Å². The molecule has 2 heterocycles. The summed E-state index contributed by atoms with van der Waals surface area (Å²) in [5, 5.41) is 7.32. The average Bonchev–Trinajstić information content (AvgIpc) is 3.38. The van der Waals surface area contributed by atoms with Gasteiger partial charge < -0.3 is 9.84 Å². The van der Waals surface area contributed by atoms with E-state index in [0.29, 0.717) is 23.8 Å². The van der Waals surface area contributed by atoms with E-state index in [1.165, 1.54) is 23.3 Å². The van der Waals surface area contributed by atoms with E-state index in [4.69, 9.17) is 4.52 Å². The number of carbonyl (C=O) groups is 1. The van der Waals surface area contributed by atoms with Crippen LogP contribution in [0, 0.1) is 19.7 Å². The van der Waals surface area contributed by atoms with Crippen LogP contribution in [0.15, 0.2) is 83.0 Å². The smallest absolute Gasteiger partial charge is 0.322 e. The molecule has 0 saturated heterocycles. The predicted octanol–water partition coefficient (Wildman–Crippen LogP) is 6.62. The summed E-state index contributed by atoms with van der Waals surface area (Å²) < 4.78 is 19.2. The Hall–Kier alpha value is -4.26. The van der Waals surface area contributed by atoms with Gasteiger partial charge in [0.05, 0.1) is 11.6 Å². The number of aromatic nitrogens is 2. The summed E-state index contributed by atoms with van der Waals surface area (Å²) in [5.74, 6) is 0.358. The first kappa shape index (κ1) is 24.4. The van der Waals surface area contributed by atoms with Crippen molar-refractivity contribution in [1.29, 1.82) is 0 Å². The molecule has 1 unspecified atom stereocenters. The molecule has 0 saturated carbocycles. The fraction of sp³-hybridized carbons (Fsp3) is 0.233. The Morgan fingerprint density at radius 1 is 0.973 bits per heavy atom. The second-order valence-electron chi connectivity index (χ2n) is 9.40. The zero-order valence-corrected chi connectivity index (χ0v) is 21.2. The standard InChI is InChI=1S/C30H29FN4O2/c1-19-11-12-24(18-20(19)2)27-26(29-33-28(34-37-29)23-13-15-25(31)16-14-23)21(3)35(30(36)32-27)17-7-10-22-8-5-4-6-9-22/h4-6,8-9,11-16,18,27H,7,10,17H2,1-3H3,(H,32,36). The molecule has 7 heteroatoms. The number of rotatable bonds is 7. The second-order valence-corrected chi connectivity index (χ2v) is 9.40. The van der Waals surface area contributed by atoms with Crippen LogP contribution >= 0.6 is 0 Å². The highest BCUT2D eigenvalue weighted by Crippen LogP contribution is 2.38. The van der Waals surface area contributed by atoms with Crippen LogP contribution < -0.4 is 5.32 Å². The maximum atomic E-state index is 13.4. The van der Waals surface area contributed by atoms with Crippen molar-refractivity contribution in [3.05, 3.63) is 112 Å². The summed E-state index contributed by atoms with van der Waals surface area (Å²) >= 11 is 0. The van der Waals surface area contributed by atoms with Crippen LogP contribution in [0.2, 0.25) is 0 Å². The highest BCUT2D eigenvalue weighted by Gasteiger charge is 2.35. The van der Waals surface area contributed by atoms with E-state index in [2.05, 4.69) is 47.5 Å². The van der Waals surface area contributed by atoms with Crippen molar-refractivity contribution >= 4 is 11.6 Å². The minimum Gasteiger partial charge on any atom is -0.334 e. The van der Waals surface area contributed by atoms with Crippen LogP contribution in [-0.4, -0.2) is 27.6 Å². The van der Waals surface area contributed by atoms with Gasteiger partial charge in [0, 0.05) is 17.8 Å². The third kappa shape index (κ3) is 5.16. The van der Waals surface area contributed by atoms with Gasteiger partial charge in [0.25, 0.3) is 5.89 Å². The van der Waals surface area contributed by atoms with Gasteiger partial charge in [-0.1, -0.05) is 53.7 Å². The van der Waals surface area contributed by atoms with Crippen molar-refractivity contribution in [2.75, 3.05) is 6.54 Å². The molecule has 0 spiro atoms. The number of allylic oxidation sites excluding steroid dienone is 1. The van der Waals surface area contributed by atoms with Crippen LogP contribution in [-0.2, 0) is 6.42 Å². The molecular formula is C30H29FN4O2.